The van der Waals surface area contributed by atoms with Crippen molar-refractivity contribution < 1.29 is 8.42 Å². The molecule has 11 heteroatoms. The molecule has 160 valence electrons. The Kier molecular flexibility index (Phi) is 5.05. The van der Waals surface area contributed by atoms with E-state index in [9.17, 15) is 13.2 Å². The summed E-state index contributed by atoms with van der Waals surface area (Å²) in [6.45, 7) is 3.72. The summed E-state index contributed by atoms with van der Waals surface area (Å²) >= 11 is 1.01. The topological polar surface area (TPSA) is 112 Å². The molecule has 0 radical (unpaired) electrons. The van der Waals surface area contributed by atoms with Gasteiger partial charge in [0.05, 0.1) is 28.7 Å². The first-order valence-corrected chi connectivity index (χ1v) is 12.1. The largest absolute Gasteiger partial charge is 0.309 e. The fourth-order valence-corrected chi connectivity index (χ4v) is 6.11. The molecule has 0 bridgehead atoms. The van der Waals surface area contributed by atoms with Gasteiger partial charge in [0.2, 0.25) is 10.0 Å². The van der Waals surface area contributed by atoms with Gasteiger partial charge < -0.3 is 4.98 Å². The van der Waals surface area contributed by atoms with Gasteiger partial charge >= 0.3 is 0 Å². The lowest BCUT2D eigenvalue weighted by Crippen LogP contribution is -2.49. The highest BCUT2D eigenvalue weighted by molar-refractivity contribution is 7.89. The number of hydrogen-bond acceptors (Lipinski definition) is 8. The molecule has 1 atom stereocenters. The number of H-pyrrole nitrogens is 1. The van der Waals surface area contributed by atoms with Crippen LogP contribution in [-0.4, -0.2) is 62.5 Å². The number of aromatic amines is 1. The van der Waals surface area contributed by atoms with Crippen LogP contribution >= 0.6 is 11.7 Å². The number of piperazine rings is 1. The first-order chi connectivity index (χ1) is 14.9. The predicted molar refractivity (Wildman–Crippen MR) is 119 cm³/mol. The summed E-state index contributed by atoms with van der Waals surface area (Å²) in [4.78, 5) is 22.2. The number of nitrogens with zero attached hydrogens (tertiary/aromatic N) is 5. The van der Waals surface area contributed by atoms with E-state index in [1.54, 1.807) is 24.3 Å². The first-order valence-electron chi connectivity index (χ1n) is 9.89. The van der Waals surface area contributed by atoms with Gasteiger partial charge in [0.1, 0.15) is 21.8 Å². The van der Waals surface area contributed by atoms with Gasteiger partial charge in [-0.1, -0.05) is 18.2 Å². The lowest BCUT2D eigenvalue weighted by molar-refractivity contribution is 0.141. The number of aromatic nitrogens is 4. The van der Waals surface area contributed by atoms with Crippen molar-refractivity contribution in [1.29, 1.82) is 0 Å². The maximum atomic E-state index is 13.2. The summed E-state index contributed by atoms with van der Waals surface area (Å²) < 4.78 is 36.2. The van der Waals surface area contributed by atoms with E-state index in [-0.39, 0.29) is 16.5 Å². The van der Waals surface area contributed by atoms with E-state index in [0.29, 0.717) is 53.9 Å². The molecule has 4 aromatic rings. The Morgan fingerprint density at radius 2 is 1.74 bits per heavy atom. The van der Waals surface area contributed by atoms with E-state index >= 15 is 0 Å². The molecule has 1 N–H and O–H groups in total. The SMILES string of the molecule is C[C@H](c1nc2ccccc2c(=O)[nH]1)N1CCN(S(=O)(=O)c2cccc3nsnc23)CC1. The Morgan fingerprint density at radius 1 is 1.00 bits per heavy atom. The molecule has 31 heavy (non-hydrogen) atoms. The number of hydrogen-bond donors (Lipinski definition) is 1. The monoisotopic (exact) mass is 456 g/mol. The summed E-state index contributed by atoms with van der Waals surface area (Å²) in [5, 5.41) is 0.556. The molecule has 1 fully saturated rings. The van der Waals surface area contributed by atoms with Crippen molar-refractivity contribution in [3.63, 3.8) is 0 Å². The fraction of sp³-hybridized carbons (Fsp3) is 0.300. The molecule has 1 aliphatic heterocycles. The third-order valence-corrected chi connectivity index (χ3v) is 8.19. The van der Waals surface area contributed by atoms with Crippen molar-refractivity contribution >= 4 is 43.7 Å². The quantitative estimate of drug-likeness (QED) is 0.500. The average molecular weight is 457 g/mol. The Bertz CT molecular complexity index is 1420. The van der Waals surface area contributed by atoms with Crippen LogP contribution in [0.15, 0.2) is 52.2 Å². The molecule has 0 saturated carbocycles. The van der Waals surface area contributed by atoms with Gasteiger partial charge in [0.15, 0.2) is 0 Å². The van der Waals surface area contributed by atoms with Gasteiger partial charge in [0, 0.05) is 26.2 Å². The number of para-hydroxylation sites is 1. The van der Waals surface area contributed by atoms with Crippen LogP contribution in [0.4, 0.5) is 0 Å². The van der Waals surface area contributed by atoms with Gasteiger partial charge in [0.25, 0.3) is 5.56 Å². The van der Waals surface area contributed by atoms with Crippen LogP contribution in [-0.2, 0) is 10.0 Å². The van der Waals surface area contributed by atoms with Crippen LogP contribution in [0.5, 0.6) is 0 Å². The highest BCUT2D eigenvalue weighted by atomic mass is 32.2. The van der Waals surface area contributed by atoms with E-state index in [4.69, 9.17) is 0 Å². The molecular formula is C20H20N6O3S2. The van der Waals surface area contributed by atoms with E-state index in [1.165, 1.54) is 4.31 Å². The van der Waals surface area contributed by atoms with Gasteiger partial charge in [-0.05, 0) is 31.2 Å². The second kappa shape index (κ2) is 7.75. The van der Waals surface area contributed by atoms with Crippen molar-refractivity contribution in [2.24, 2.45) is 0 Å². The van der Waals surface area contributed by atoms with Crippen LogP contribution in [0.25, 0.3) is 21.9 Å². The molecule has 0 aliphatic carbocycles. The molecule has 2 aromatic heterocycles. The number of sulfonamides is 1. The van der Waals surface area contributed by atoms with E-state index in [1.807, 2.05) is 25.1 Å². The highest BCUT2D eigenvalue weighted by Crippen LogP contribution is 2.26. The number of nitrogens with one attached hydrogen (secondary N) is 1. The smallest absolute Gasteiger partial charge is 0.258 e. The van der Waals surface area contributed by atoms with Crippen molar-refractivity contribution in [1.82, 2.24) is 27.9 Å². The number of rotatable bonds is 4. The zero-order valence-corrected chi connectivity index (χ0v) is 18.4. The van der Waals surface area contributed by atoms with Crippen molar-refractivity contribution in [3.8, 4) is 0 Å². The Labute approximate surface area is 182 Å². The second-order valence-corrected chi connectivity index (χ2v) is 9.91. The molecule has 5 rings (SSSR count). The van der Waals surface area contributed by atoms with Crippen molar-refractivity contribution in [2.45, 2.75) is 17.9 Å². The van der Waals surface area contributed by atoms with Gasteiger partial charge in [-0.25, -0.2) is 13.4 Å². The first kappa shape index (κ1) is 20.2. The zero-order chi connectivity index (χ0) is 21.6. The minimum atomic E-state index is -3.67. The fourth-order valence-electron chi connectivity index (χ4n) is 3.94. The molecule has 2 aromatic carbocycles. The Morgan fingerprint density at radius 3 is 2.55 bits per heavy atom. The predicted octanol–water partition coefficient (Wildman–Crippen LogP) is 2.00. The third-order valence-electron chi connectivity index (χ3n) is 5.71. The standard InChI is InChI=1S/C20H20N6O3S2/c1-13(19-21-15-6-3-2-5-14(15)20(27)22-19)25-9-11-26(12-10-25)31(28,29)17-8-4-7-16-18(17)24-30-23-16/h2-8,13H,9-12H2,1H3,(H,21,22,27)/t13-/m1/s1. The molecule has 1 aliphatic rings. The zero-order valence-electron chi connectivity index (χ0n) is 16.7. The lowest BCUT2D eigenvalue weighted by atomic mass is 10.2. The minimum absolute atomic E-state index is 0.145. The molecule has 0 amide bonds. The third kappa shape index (κ3) is 3.53. The molecule has 9 nitrogen and oxygen atoms in total. The van der Waals surface area contributed by atoms with Gasteiger partial charge in [-0.2, -0.15) is 13.1 Å². The molecule has 3 heterocycles. The van der Waals surface area contributed by atoms with Crippen LogP contribution in [0.1, 0.15) is 18.8 Å². The normalized spacial score (nSPS) is 17.3. The van der Waals surface area contributed by atoms with Crippen LogP contribution in [0, 0.1) is 0 Å². The summed E-state index contributed by atoms with van der Waals surface area (Å²) in [5.74, 6) is 0.582. The lowest BCUT2D eigenvalue weighted by Gasteiger charge is -2.36. The van der Waals surface area contributed by atoms with Crippen LogP contribution in [0.2, 0.25) is 0 Å². The maximum absolute atomic E-state index is 13.2. The van der Waals surface area contributed by atoms with Crippen LogP contribution < -0.4 is 5.56 Å². The maximum Gasteiger partial charge on any atom is 0.258 e. The van der Waals surface area contributed by atoms with Crippen molar-refractivity contribution in [2.75, 3.05) is 26.2 Å². The van der Waals surface area contributed by atoms with Crippen LogP contribution in [0.3, 0.4) is 0 Å². The molecule has 0 spiro atoms. The Hall–Kier alpha value is -2.73. The number of benzene rings is 2. The average Bonchev–Trinajstić information content (AvgIpc) is 3.27. The van der Waals surface area contributed by atoms with E-state index in [0.717, 1.165) is 11.7 Å². The minimum Gasteiger partial charge on any atom is -0.309 e. The Balaban J connectivity index is 1.35. The molecule has 1 saturated heterocycles. The summed E-state index contributed by atoms with van der Waals surface area (Å²) in [6.07, 6.45) is 0. The van der Waals surface area contributed by atoms with Gasteiger partial charge in [-0.15, -0.1) is 0 Å². The summed E-state index contributed by atoms with van der Waals surface area (Å²) in [7, 11) is -3.67. The van der Waals surface area contributed by atoms with Gasteiger partial charge in [-0.3, -0.25) is 9.69 Å². The molecular weight excluding hydrogens is 436 g/mol. The summed E-state index contributed by atoms with van der Waals surface area (Å²) in [5.41, 5.74) is 1.49. The highest BCUT2D eigenvalue weighted by Gasteiger charge is 2.32. The molecule has 0 unspecified atom stereocenters. The van der Waals surface area contributed by atoms with E-state index < -0.39 is 10.0 Å². The number of fused-ring (bicyclic) bond motifs is 2. The van der Waals surface area contributed by atoms with Crippen molar-refractivity contribution in [3.05, 3.63) is 58.6 Å². The summed E-state index contributed by atoms with van der Waals surface area (Å²) in [6, 6.07) is 12.1. The van der Waals surface area contributed by atoms with E-state index in [2.05, 4.69) is 23.6 Å². The second-order valence-electron chi connectivity index (χ2n) is 7.47.